The normalized spacial score (nSPS) is 18.6. The second-order valence-corrected chi connectivity index (χ2v) is 5.32. The van der Waals surface area contributed by atoms with Gasteiger partial charge in [-0.2, -0.15) is 0 Å². The number of aromatic nitrogens is 1. The van der Waals surface area contributed by atoms with Crippen LogP contribution < -0.4 is 11.5 Å². The number of anilines is 1. The molecule has 1 fully saturated rings. The van der Waals surface area contributed by atoms with Crippen molar-refractivity contribution in [3.8, 4) is 0 Å². The number of carbonyl (C=O) groups excluding carboxylic acids is 1. The van der Waals surface area contributed by atoms with E-state index in [4.69, 9.17) is 11.5 Å². The Kier molecular flexibility index (Phi) is 3.66. The molecule has 4 nitrogen and oxygen atoms in total. The van der Waals surface area contributed by atoms with Gasteiger partial charge < -0.3 is 11.5 Å². The van der Waals surface area contributed by atoms with Crippen molar-refractivity contribution in [1.29, 1.82) is 0 Å². The molecule has 0 unspecified atom stereocenters. The van der Waals surface area contributed by atoms with Crippen LogP contribution in [0.1, 0.15) is 48.0 Å². The summed E-state index contributed by atoms with van der Waals surface area (Å²) in [5.41, 5.74) is 12.8. The van der Waals surface area contributed by atoms with E-state index >= 15 is 0 Å². The van der Waals surface area contributed by atoms with Crippen LogP contribution in [0, 0.1) is 12.3 Å². The van der Waals surface area contributed by atoms with Gasteiger partial charge in [0.2, 0.25) is 0 Å². The van der Waals surface area contributed by atoms with Crippen LogP contribution in [-0.4, -0.2) is 17.3 Å². The number of nitrogens with zero attached hydrogens (tertiary/aromatic N) is 1. The van der Waals surface area contributed by atoms with Crippen molar-refractivity contribution in [2.24, 2.45) is 11.1 Å². The highest BCUT2D eigenvalue weighted by atomic mass is 16.1. The average Bonchev–Trinajstić information content (AvgIpc) is 2.41. The Morgan fingerprint density at radius 1 is 1.39 bits per heavy atom. The van der Waals surface area contributed by atoms with E-state index in [-0.39, 0.29) is 5.78 Å². The zero-order valence-electron chi connectivity index (χ0n) is 10.9. The SMILES string of the molecule is Cc1cnc(N)c(C(=O)C2(CN)CCCCC2)c1. The monoisotopic (exact) mass is 247 g/mol. The maximum Gasteiger partial charge on any atom is 0.173 e. The quantitative estimate of drug-likeness (QED) is 0.801. The van der Waals surface area contributed by atoms with Crippen molar-refractivity contribution in [2.75, 3.05) is 12.3 Å². The molecule has 0 amide bonds. The lowest BCUT2D eigenvalue weighted by Crippen LogP contribution is -2.40. The second-order valence-electron chi connectivity index (χ2n) is 5.32. The Hall–Kier alpha value is -1.42. The van der Waals surface area contributed by atoms with Gasteiger partial charge in [-0.15, -0.1) is 0 Å². The number of pyridine rings is 1. The van der Waals surface area contributed by atoms with Crippen molar-refractivity contribution in [3.63, 3.8) is 0 Å². The number of nitrogen functional groups attached to an aromatic ring is 1. The molecule has 1 aliphatic carbocycles. The molecule has 18 heavy (non-hydrogen) atoms. The largest absolute Gasteiger partial charge is 0.383 e. The molecule has 0 radical (unpaired) electrons. The molecule has 1 heterocycles. The summed E-state index contributed by atoms with van der Waals surface area (Å²) in [4.78, 5) is 16.8. The van der Waals surface area contributed by atoms with Crippen molar-refractivity contribution in [2.45, 2.75) is 39.0 Å². The molecule has 0 bridgehead atoms. The number of rotatable bonds is 3. The smallest absolute Gasteiger partial charge is 0.173 e. The van der Waals surface area contributed by atoms with Crippen LogP contribution in [0.15, 0.2) is 12.3 Å². The molecule has 0 aromatic carbocycles. The fraction of sp³-hybridized carbons (Fsp3) is 0.571. The zero-order valence-corrected chi connectivity index (χ0v) is 10.9. The van der Waals surface area contributed by atoms with E-state index in [1.54, 1.807) is 6.20 Å². The number of hydrogen-bond acceptors (Lipinski definition) is 4. The van der Waals surface area contributed by atoms with Crippen LogP contribution in [0.3, 0.4) is 0 Å². The summed E-state index contributed by atoms with van der Waals surface area (Å²) in [6.45, 7) is 2.32. The van der Waals surface area contributed by atoms with E-state index < -0.39 is 5.41 Å². The number of carbonyl (C=O) groups is 1. The molecule has 0 aliphatic heterocycles. The summed E-state index contributed by atoms with van der Waals surface area (Å²) in [6, 6.07) is 1.83. The van der Waals surface area contributed by atoms with Gasteiger partial charge in [0.05, 0.1) is 5.56 Å². The molecule has 0 atom stereocenters. The first-order valence-electron chi connectivity index (χ1n) is 6.56. The van der Waals surface area contributed by atoms with Gasteiger partial charge in [-0.1, -0.05) is 19.3 Å². The lowest BCUT2D eigenvalue weighted by atomic mass is 9.69. The van der Waals surface area contributed by atoms with Gasteiger partial charge in [0.25, 0.3) is 0 Å². The fourth-order valence-corrected chi connectivity index (χ4v) is 2.80. The molecule has 0 saturated heterocycles. The Balaban J connectivity index is 2.36. The highest BCUT2D eigenvalue weighted by Gasteiger charge is 2.39. The number of hydrogen-bond donors (Lipinski definition) is 2. The fourth-order valence-electron chi connectivity index (χ4n) is 2.80. The van der Waals surface area contributed by atoms with Gasteiger partial charge in [-0.25, -0.2) is 4.98 Å². The van der Waals surface area contributed by atoms with Gasteiger partial charge in [-0.3, -0.25) is 4.79 Å². The molecule has 1 saturated carbocycles. The van der Waals surface area contributed by atoms with Crippen molar-refractivity contribution in [3.05, 3.63) is 23.4 Å². The first kappa shape index (κ1) is 13.0. The molecule has 1 aromatic heterocycles. The standard InChI is InChI=1S/C14H21N3O/c1-10-7-11(13(16)17-8-10)12(18)14(9-15)5-3-2-4-6-14/h7-8H,2-6,9,15H2,1H3,(H2,16,17). The highest BCUT2D eigenvalue weighted by Crippen LogP contribution is 2.39. The van der Waals surface area contributed by atoms with Crippen molar-refractivity contribution in [1.82, 2.24) is 4.98 Å². The summed E-state index contributed by atoms with van der Waals surface area (Å²) in [5, 5.41) is 0. The second kappa shape index (κ2) is 5.06. The van der Waals surface area contributed by atoms with Crippen molar-refractivity contribution >= 4 is 11.6 Å². The average molecular weight is 247 g/mol. The van der Waals surface area contributed by atoms with Gasteiger partial charge in [0.1, 0.15) is 5.82 Å². The molecule has 4 heteroatoms. The van der Waals surface area contributed by atoms with E-state index in [0.717, 1.165) is 31.2 Å². The molecule has 1 aromatic rings. The van der Waals surface area contributed by atoms with Crippen LogP contribution in [-0.2, 0) is 0 Å². The van der Waals surface area contributed by atoms with Crippen LogP contribution in [0.25, 0.3) is 0 Å². The molecule has 98 valence electrons. The third kappa shape index (κ3) is 2.25. The molecular weight excluding hydrogens is 226 g/mol. The minimum Gasteiger partial charge on any atom is -0.383 e. The lowest BCUT2D eigenvalue weighted by Gasteiger charge is -2.34. The van der Waals surface area contributed by atoms with E-state index in [1.165, 1.54) is 6.42 Å². The third-order valence-electron chi connectivity index (χ3n) is 3.98. The molecule has 1 aliphatic rings. The summed E-state index contributed by atoms with van der Waals surface area (Å²) < 4.78 is 0. The maximum atomic E-state index is 12.7. The van der Waals surface area contributed by atoms with Gasteiger partial charge >= 0.3 is 0 Å². The minimum absolute atomic E-state index is 0.0819. The third-order valence-corrected chi connectivity index (χ3v) is 3.98. The van der Waals surface area contributed by atoms with Crippen LogP contribution in [0.5, 0.6) is 0 Å². The Morgan fingerprint density at radius 2 is 2.06 bits per heavy atom. The number of aryl methyl sites for hydroxylation is 1. The van der Waals surface area contributed by atoms with Crippen LogP contribution in [0.2, 0.25) is 0 Å². The summed E-state index contributed by atoms with van der Waals surface area (Å²) >= 11 is 0. The topological polar surface area (TPSA) is 82.0 Å². The Morgan fingerprint density at radius 3 is 2.67 bits per heavy atom. The summed E-state index contributed by atoms with van der Waals surface area (Å²) in [6.07, 6.45) is 6.76. The van der Waals surface area contributed by atoms with E-state index in [2.05, 4.69) is 4.98 Å². The lowest BCUT2D eigenvalue weighted by molar-refractivity contribution is 0.0730. The van der Waals surface area contributed by atoms with Crippen LogP contribution in [0.4, 0.5) is 5.82 Å². The summed E-state index contributed by atoms with van der Waals surface area (Å²) in [7, 11) is 0. The molecule has 2 rings (SSSR count). The molecule has 4 N–H and O–H groups in total. The van der Waals surface area contributed by atoms with Crippen molar-refractivity contribution < 1.29 is 4.79 Å². The first-order chi connectivity index (χ1) is 8.59. The number of ketones is 1. The first-order valence-corrected chi connectivity index (χ1v) is 6.56. The molecule has 0 spiro atoms. The maximum absolute atomic E-state index is 12.7. The van der Waals surface area contributed by atoms with Gasteiger partial charge in [0, 0.05) is 18.2 Å². The van der Waals surface area contributed by atoms with E-state index in [0.29, 0.717) is 17.9 Å². The van der Waals surface area contributed by atoms with Crippen LogP contribution >= 0.6 is 0 Å². The Bertz CT molecular complexity index is 450. The van der Waals surface area contributed by atoms with Gasteiger partial charge in [0.15, 0.2) is 5.78 Å². The van der Waals surface area contributed by atoms with E-state index in [1.807, 2.05) is 13.0 Å². The van der Waals surface area contributed by atoms with Gasteiger partial charge in [-0.05, 0) is 31.4 Å². The minimum atomic E-state index is -0.415. The number of Topliss-reactive ketones (excluding diaryl/α,β-unsaturated/α-hetero) is 1. The predicted octanol–water partition coefficient (Wildman–Crippen LogP) is 2.06. The zero-order chi connectivity index (χ0) is 13.2. The highest BCUT2D eigenvalue weighted by molar-refractivity contribution is 6.04. The predicted molar refractivity (Wildman–Crippen MR) is 72.3 cm³/mol. The number of nitrogens with two attached hydrogens (primary N) is 2. The van der Waals surface area contributed by atoms with E-state index in [9.17, 15) is 4.79 Å². The summed E-state index contributed by atoms with van der Waals surface area (Å²) in [5.74, 6) is 0.405. The Labute approximate surface area is 108 Å². The molecular formula is C14H21N3O.